The molecule has 1 aliphatic carbocycles. The zero-order chi connectivity index (χ0) is 12.1. The summed E-state index contributed by atoms with van der Waals surface area (Å²) in [4.78, 5) is 22.2. The molecule has 0 aromatic carbocycles. The molecule has 0 aliphatic heterocycles. The van der Waals surface area contributed by atoms with Gasteiger partial charge in [0.2, 0.25) is 0 Å². The zero-order valence-electron chi connectivity index (χ0n) is 9.43. The Morgan fingerprint density at radius 2 is 2.31 bits per heavy atom. The Morgan fingerprint density at radius 3 is 2.88 bits per heavy atom. The van der Waals surface area contributed by atoms with Crippen molar-refractivity contribution in [2.75, 3.05) is 0 Å². The van der Waals surface area contributed by atoms with Crippen molar-refractivity contribution in [2.24, 2.45) is 11.8 Å². The van der Waals surface area contributed by atoms with E-state index < -0.39 is 12.1 Å². The maximum atomic E-state index is 11.6. The van der Waals surface area contributed by atoms with Crippen LogP contribution in [-0.4, -0.2) is 28.1 Å². The standard InChI is InChI=1S/C12H18O4/c1-8(13)3-2-4-10-9(7-12(15)16)5-6-11(10)14/h2-3,8-10,13H,4-7H2,1H3,(H,15,16)/b3-2+/t8-,9+,10+/m0/s1. The Bertz CT molecular complexity index is 293. The fraction of sp³-hybridized carbons (Fsp3) is 0.667. The summed E-state index contributed by atoms with van der Waals surface area (Å²) in [5.41, 5.74) is 0. The minimum Gasteiger partial charge on any atom is -0.481 e. The summed E-state index contributed by atoms with van der Waals surface area (Å²) in [5, 5.41) is 17.8. The Balaban J connectivity index is 2.53. The monoisotopic (exact) mass is 226 g/mol. The first-order valence-electron chi connectivity index (χ1n) is 5.60. The number of carboxylic acids is 1. The number of Topliss-reactive ketones (excluding diaryl/α,β-unsaturated/α-hetero) is 1. The van der Waals surface area contributed by atoms with E-state index in [2.05, 4.69) is 0 Å². The second-order valence-electron chi connectivity index (χ2n) is 4.37. The molecule has 0 aromatic rings. The maximum Gasteiger partial charge on any atom is 0.303 e. The molecule has 4 heteroatoms. The van der Waals surface area contributed by atoms with E-state index in [1.54, 1.807) is 19.1 Å². The van der Waals surface area contributed by atoms with Crippen molar-refractivity contribution in [3.05, 3.63) is 12.2 Å². The topological polar surface area (TPSA) is 74.6 Å². The van der Waals surface area contributed by atoms with Gasteiger partial charge >= 0.3 is 5.97 Å². The van der Waals surface area contributed by atoms with Gasteiger partial charge in [-0.25, -0.2) is 0 Å². The predicted octanol–water partition coefficient (Wildman–Crippen LogP) is 1.38. The van der Waals surface area contributed by atoms with Gasteiger partial charge in [-0.2, -0.15) is 0 Å². The summed E-state index contributed by atoms with van der Waals surface area (Å²) in [7, 11) is 0. The van der Waals surface area contributed by atoms with Gasteiger partial charge in [0.15, 0.2) is 0 Å². The molecule has 1 saturated carbocycles. The van der Waals surface area contributed by atoms with Gasteiger partial charge in [0.05, 0.1) is 6.10 Å². The predicted molar refractivity (Wildman–Crippen MR) is 58.9 cm³/mol. The number of allylic oxidation sites excluding steroid dienone is 1. The Labute approximate surface area is 95.0 Å². The SMILES string of the molecule is C[C@H](O)/C=C/C[C@H]1C(=O)CC[C@@H]1CC(=O)O. The first-order valence-corrected chi connectivity index (χ1v) is 5.60. The highest BCUT2D eigenvalue weighted by molar-refractivity contribution is 5.84. The maximum absolute atomic E-state index is 11.6. The Hall–Kier alpha value is -1.16. The average Bonchev–Trinajstić information content (AvgIpc) is 2.48. The normalized spacial score (nSPS) is 27.5. The highest BCUT2D eigenvalue weighted by Gasteiger charge is 2.34. The van der Waals surface area contributed by atoms with E-state index in [4.69, 9.17) is 10.2 Å². The van der Waals surface area contributed by atoms with E-state index in [1.165, 1.54) is 0 Å². The van der Waals surface area contributed by atoms with Gasteiger partial charge in [-0.05, 0) is 25.7 Å². The van der Waals surface area contributed by atoms with Crippen molar-refractivity contribution in [1.82, 2.24) is 0 Å². The molecule has 0 saturated heterocycles. The lowest BCUT2D eigenvalue weighted by Crippen LogP contribution is -2.17. The minimum absolute atomic E-state index is 0.0383. The van der Waals surface area contributed by atoms with Crippen LogP contribution in [0, 0.1) is 11.8 Å². The van der Waals surface area contributed by atoms with Crippen LogP contribution in [0.1, 0.15) is 32.6 Å². The van der Waals surface area contributed by atoms with E-state index in [0.29, 0.717) is 19.3 Å². The van der Waals surface area contributed by atoms with Gasteiger partial charge in [0, 0.05) is 18.8 Å². The molecule has 1 fully saturated rings. The van der Waals surface area contributed by atoms with Gasteiger partial charge in [-0.15, -0.1) is 0 Å². The lowest BCUT2D eigenvalue weighted by atomic mass is 9.89. The highest BCUT2D eigenvalue weighted by Crippen LogP contribution is 2.33. The molecule has 0 spiro atoms. The molecule has 0 unspecified atom stereocenters. The summed E-state index contributed by atoms with van der Waals surface area (Å²) >= 11 is 0. The van der Waals surface area contributed by atoms with Crippen LogP contribution in [0.3, 0.4) is 0 Å². The number of carbonyl (C=O) groups is 2. The van der Waals surface area contributed by atoms with Crippen LogP contribution in [0.4, 0.5) is 0 Å². The van der Waals surface area contributed by atoms with Crippen LogP contribution in [0.5, 0.6) is 0 Å². The van der Waals surface area contributed by atoms with E-state index in [9.17, 15) is 9.59 Å². The summed E-state index contributed by atoms with van der Waals surface area (Å²) in [6.45, 7) is 1.64. The molecule has 0 aromatic heterocycles. The summed E-state index contributed by atoms with van der Waals surface area (Å²) in [6, 6.07) is 0. The number of rotatable bonds is 5. The zero-order valence-corrected chi connectivity index (χ0v) is 9.43. The van der Waals surface area contributed by atoms with Crippen LogP contribution >= 0.6 is 0 Å². The van der Waals surface area contributed by atoms with Crippen LogP contribution in [0.15, 0.2) is 12.2 Å². The molecule has 16 heavy (non-hydrogen) atoms. The fourth-order valence-electron chi connectivity index (χ4n) is 2.19. The van der Waals surface area contributed by atoms with Gasteiger partial charge in [0.1, 0.15) is 5.78 Å². The number of hydrogen-bond acceptors (Lipinski definition) is 3. The summed E-state index contributed by atoms with van der Waals surface area (Å²) in [6.07, 6.45) is 4.66. The Kier molecular flexibility index (Phi) is 4.68. The molecule has 3 atom stereocenters. The average molecular weight is 226 g/mol. The number of carboxylic acid groups (broad SMARTS) is 1. The quantitative estimate of drug-likeness (QED) is 0.694. The second kappa shape index (κ2) is 5.80. The Morgan fingerprint density at radius 1 is 1.62 bits per heavy atom. The molecule has 1 aliphatic rings. The molecule has 0 amide bonds. The van der Waals surface area contributed by atoms with Crippen LogP contribution < -0.4 is 0 Å². The first kappa shape index (κ1) is 12.9. The summed E-state index contributed by atoms with van der Waals surface area (Å²) in [5.74, 6) is -0.902. The lowest BCUT2D eigenvalue weighted by Gasteiger charge is -2.14. The third kappa shape index (κ3) is 3.77. The van der Waals surface area contributed by atoms with E-state index in [1.807, 2.05) is 0 Å². The molecule has 4 nitrogen and oxygen atoms in total. The number of aliphatic carboxylic acids is 1. The van der Waals surface area contributed by atoms with Crippen molar-refractivity contribution in [3.63, 3.8) is 0 Å². The fourth-order valence-corrected chi connectivity index (χ4v) is 2.19. The number of aliphatic hydroxyl groups is 1. The molecular formula is C12H18O4. The van der Waals surface area contributed by atoms with E-state index >= 15 is 0 Å². The van der Waals surface area contributed by atoms with Crippen LogP contribution in [0.2, 0.25) is 0 Å². The van der Waals surface area contributed by atoms with Gasteiger partial charge < -0.3 is 10.2 Å². The molecule has 0 heterocycles. The number of hydrogen-bond donors (Lipinski definition) is 2. The van der Waals surface area contributed by atoms with E-state index in [0.717, 1.165) is 0 Å². The molecular weight excluding hydrogens is 208 g/mol. The number of ketones is 1. The van der Waals surface area contributed by atoms with Crippen molar-refractivity contribution in [2.45, 2.75) is 38.7 Å². The molecule has 90 valence electrons. The van der Waals surface area contributed by atoms with Gasteiger partial charge in [-0.3, -0.25) is 9.59 Å². The first-order chi connectivity index (χ1) is 7.50. The number of carbonyl (C=O) groups excluding carboxylic acids is 1. The van der Waals surface area contributed by atoms with E-state index in [-0.39, 0.29) is 24.0 Å². The minimum atomic E-state index is -0.843. The lowest BCUT2D eigenvalue weighted by molar-refractivity contribution is -0.138. The second-order valence-corrected chi connectivity index (χ2v) is 4.37. The van der Waals surface area contributed by atoms with Crippen LogP contribution in [0.25, 0.3) is 0 Å². The van der Waals surface area contributed by atoms with Gasteiger partial charge in [-0.1, -0.05) is 12.2 Å². The molecule has 1 rings (SSSR count). The molecule has 2 N–H and O–H groups in total. The van der Waals surface area contributed by atoms with Gasteiger partial charge in [0.25, 0.3) is 0 Å². The van der Waals surface area contributed by atoms with Crippen LogP contribution in [-0.2, 0) is 9.59 Å². The highest BCUT2D eigenvalue weighted by atomic mass is 16.4. The van der Waals surface area contributed by atoms with Crippen molar-refractivity contribution < 1.29 is 19.8 Å². The number of aliphatic hydroxyl groups excluding tert-OH is 1. The van der Waals surface area contributed by atoms with Crippen molar-refractivity contribution in [3.8, 4) is 0 Å². The third-order valence-electron chi connectivity index (χ3n) is 2.99. The largest absolute Gasteiger partial charge is 0.481 e. The molecule has 0 radical (unpaired) electrons. The van der Waals surface area contributed by atoms with Crippen molar-refractivity contribution >= 4 is 11.8 Å². The van der Waals surface area contributed by atoms with Crippen molar-refractivity contribution in [1.29, 1.82) is 0 Å². The summed E-state index contributed by atoms with van der Waals surface area (Å²) < 4.78 is 0. The molecule has 0 bridgehead atoms. The third-order valence-corrected chi connectivity index (χ3v) is 2.99. The smallest absolute Gasteiger partial charge is 0.303 e.